The summed E-state index contributed by atoms with van der Waals surface area (Å²) in [4.78, 5) is 43.5. The molecule has 3 N–H and O–H groups in total. The van der Waals surface area contributed by atoms with Crippen LogP contribution in [0.2, 0.25) is 0 Å². The zero-order valence-electron chi connectivity index (χ0n) is 20.4. The van der Waals surface area contributed by atoms with Gasteiger partial charge in [0.05, 0.1) is 34.5 Å². The standard InChI is InChI=1S/C30H21N3O6/c34-13-12-31-24-10-8-20(33-28(35)21-9-6-19(30(37)38)14-22(21)29(33)36)16-23(24)27-32-25-15-18(7-11-26(25)39-27)17-4-2-1-3-5-17/h1-11,14-16,31,34H,12-13H2,(H,37,38). The van der Waals surface area contributed by atoms with Gasteiger partial charge in [0.1, 0.15) is 5.52 Å². The molecule has 192 valence electrons. The molecular formula is C30H21N3O6. The number of carbonyl (C=O) groups is 3. The topological polar surface area (TPSA) is 133 Å². The van der Waals surface area contributed by atoms with Gasteiger partial charge in [-0.05, 0) is 59.7 Å². The van der Waals surface area contributed by atoms with Gasteiger partial charge >= 0.3 is 5.97 Å². The number of hydrogen-bond acceptors (Lipinski definition) is 7. The Labute approximate surface area is 221 Å². The predicted octanol–water partition coefficient (Wildman–Crippen LogP) is 5.06. The molecule has 1 aromatic heterocycles. The molecule has 0 aliphatic carbocycles. The van der Waals surface area contributed by atoms with Gasteiger partial charge < -0.3 is 19.9 Å². The van der Waals surface area contributed by atoms with E-state index in [-0.39, 0.29) is 41.4 Å². The van der Waals surface area contributed by atoms with E-state index in [0.29, 0.717) is 22.4 Å². The summed E-state index contributed by atoms with van der Waals surface area (Å²) in [6.07, 6.45) is 0. The number of rotatable bonds is 7. The van der Waals surface area contributed by atoms with Gasteiger partial charge in [-0.15, -0.1) is 0 Å². The lowest BCUT2D eigenvalue weighted by Gasteiger charge is -2.17. The van der Waals surface area contributed by atoms with Crippen LogP contribution >= 0.6 is 0 Å². The quantitative estimate of drug-likeness (QED) is 0.254. The van der Waals surface area contributed by atoms with Crippen molar-refractivity contribution in [1.82, 2.24) is 4.98 Å². The second-order valence-corrected chi connectivity index (χ2v) is 8.96. The Morgan fingerprint density at radius 2 is 1.64 bits per heavy atom. The minimum Gasteiger partial charge on any atom is -0.478 e. The van der Waals surface area contributed by atoms with Crippen molar-refractivity contribution in [2.24, 2.45) is 0 Å². The lowest BCUT2D eigenvalue weighted by atomic mass is 10.1. The Bertz CT molecular complexity index is 1780. The molecular weight excluding hydrogens is 498 g/mol. The lowest BCUT2D eigenvalue weighted by molar-refractivity contribution is 0.0696. The Morgan fingerprint density at radius 3 is 2.41 bits per heavy atom. The first kappa shape index (κ1) is 24.1. The van der Waals surface area contributed by atoms with Crippen molar-refractivity contribution in [2.75, 3.05) is 23.4 Å². The molecule has 1 aliphatic rings. The van der Waals surface area contributed by atoms with Gasteiger partial charge in [0.15, 0.2) is 5.58 Å². The smallest absolute Gasteiger partial charge is 0.335 e. The van der Waals surface area contributed by atoms with Crippen LogP contribution in [0.25, 0.3) is 33.7 Å². The third-order valence-electron chi connectivity index (χ3n) is 6.55. The van der Waals surface area contributed by atoms with Crippen molar-refractivity contribution < 1.29 is 29.0 Å². The third-order valence-corrected chi connectivity index (χ3v) is 6.55. The fourth-order valence-corrected chi connectivity index (χ4v) is 4.65. The maximum atomic E-state index is 13.2. The minimum absolute atomic E-state index is 0.0271. The van der Waals surface area contributed by atoms with E-state index >= 15 is 0 Å². The van der Waals surface area contributed by atoms with Crippen molar-refractivity contribution in [3.63, 3.8) is 0 Å². The van der Waals surface area contributed by atoms with E-state index in [2.05, 4.69) is 5.32 Å². The van der Waals surface area contributed by atoms with E-state index < -0.39 is 17.8 Å². The number of amides is 2. The highest BCUT2D eigenvalue weighted by Crippen LogP contribution is 2.37. The van der Waals surface area contributed by atoms with Gasteiger partial charge in [-0.2, -0.15) is 0 Å². The summed E-state index contributed by atoms with van der Waals surface area (Å²) >= 11 is 0. The summed E-state index contributed by atoms with van der Waals surface area (Å²) in [5.74, 6) is -2.10. The molecule has 9 heteroatoms. The van der Waals surface area contributed by atoms with Crippen molar-refractivity contribution in [1.29, 1.82) is 0 Å². The summed E-state index contributed by atoms with van der Waals surface area (Å²) < 4.78 is 6.07. The highest BCUT2D eigenvalue weighted by Gasteiger charge is 2.37. The maximum absolute atomic E-state index is 13.2. The number of aromatic nitrogens is 1. The van der Waals surface area contributed by atoms with Crippen LogP contribution in [-0.4, -0.2) is 46.1 Å². The number of aromatic carboxylic acids is 1. The summed E-state index contributed by atoms with van der Waals surface area (Å²) in [6, 6.07) is 24.3. The van der Waals surface area contributed by atoms with Crippen LogP contribution < -0.4 is 10.2 Å². The number of aliphatic hydroxyl groups is 1. The van der Waals surface area contributed by atoms with Crippen LogP contribution in [0.4, 0.5) is 11.4 Å². The average molecular weight is 520 g/mol. The predicted molar refractivity (Wildman–Crippen MR) is 145 cm³/mol. The van der Waals surface area contributed by atoms with Crippen LogP contribution in [0.3, 0.4) is 0 Å². The fourth-order valence-electron chi connectivity index (χ4n) is 4.65. The SMILES string of the molecule is O=C(O)c1ccc2c(c1)C(=O)N(c1ccc(NCCO)c(-c3nc4cc(-c5ccccc5)ccc4o3)c1)C2=O. The molecule has 0 bridgehead atoms. The number of aliphatic hydroxyl groups excluding tert-OH is 1. The van der Waals surface area contributed by atoms with E-state index in [0.717, 1.165) is 16.0 Å². The molecule has 9 nitrogen and oxygen atoms in total. The minimum atomic E-state index is -1.19. The van der Waals surface area contributed by atoms with Gasteiger partial charge in [0.25, 0.3) is 11.8 Å². The number of nitrogens with one attached hydrogen (secondary N) is 1. The number of anilines is 2. The van der Waals surface area contributed by atoms with Gasteiger partial charge in [-0.25, -0.2) is 14.7 Å². The molecule has 0 spiro atoms. The van der Waals surface area contributed by atoms with Crippen LogP contribution in [-0.2, 0) is 0 Å². The first-order valence-electron chi connectivity index (χ1n) is 12.2. The second-order valence-electron chi connectivity index (χ2n) is 8.96. The van der Waals surface area contributed by atoms with Crippen LogP contribution in [0.1, 0.15) is 31.1 Å². The Kier molecular flexibility index (Phi) is 5.90. The van der Waals surface area contributed by atoms with Crippen LogP contribution in [0, 0.1) is 0 Å². The highest BCUT2D eigenvalue weighted by atomic mass is 16.4. The van der Waals surface area contributed by atoms with Crippen molar-refractivity contribution >= 4 is 40.3 Å². The van der Waals surface area contributed by atoms with Gasteiger partial charge in [-0.3, -0.25) is 9.59 Å². The number of oxazole rings is 1. The van der Waals surface area contributed by atoms with Crippen molar-refractivity contribution in [2.45, 2.75) is 0 Å². The molecule has 0 unspecified atom stereocenters. The van der Waals surface area contributed by atoms with E-state index in [1.54, 1.807) is 18.2 Å². The number of carboxylic acids is 1. The van der Waals surface area contributed by atoms with Crippen LogP contribution in [0.15, 0.2) is 89.3 Å². The molecule has 0 radical (unpaired) electrons. The second kappa shape index (κ2) is 9.55. The molecule has 0 fully saturated rings. The summed E-state index contributed by atoms with van der Waals surface area (Å²) in [5, 5.41) is 21.8. The molecule has 0 saturated carbocycles. The largest absolute Gasteiger partial charge is 0.478 e. The average Bonchev–Trinajstić information content (AvgIpc) is 3.50. The number of nitrogens with zero attached hydrogens (tertiary/aromatic N) is 2. The summed E-state index contributed by atoms with van der Waals surface area (Å²) in [5.41, 5.74) is 4.63. The molecule has 5 aromatic rings. The van der Waals surface area contributed by atoms with Crippen molar-refractivity contribution in [3.8, 4) is 22.6 Å². The van der Waals surface area contributed by atoms with E-state index in [1.165, 1.54) is 18.2 Å². The molecule has 2 heterocycles. The highest BCUT2D eigenvalue weighted by molar-refractivity contribution is 6.34. The number of carbonyl (C=O) groups excluding carboxylic acids is 2. The normalized spacial score (nSPS) is 12.7. The third kappa shape index (κ3) is 4.20. The van der Waals surface area contributed by atoms with Gasteiger partial charge in [0, 0.05) is 12.2 Å². The fraction of sp³-hybridized carbons (Fsp3) is 0.0667. The Hall–Kier alpha value is -5.28. The van der Waals surface area contributed by atoms with E-state index in [1.807, 2.05) is 48.5 Å². The monoisotopic (exact) mass is 519 g/mol. The van der Waals surface area contributed by atoms with Crippen LogP contribution in [0.5, 0.6) is 0 Å². The van der Waals surface area contributed by atoms with E-state index in [4.69, 9.17) is 9.40 Å². The summed E-state index contributed by atoms with van der Waals surface area (Å²) in [7, 11) is 0. The Morgan fingerprint density at radius 1 is 0.846 bits per heavy atom. The molecule has 6 rings (SSSR count). The number of imide groups is 1. The number of carboxylic acid groups (broad SMARTS) is 1. The zero-order valence-corrected chi connectivity index (χ0v) is 20.4. The zero-order chi connectivity index (χ0) is 27.1. The van der Waals surface area contributed by atoms with Gasteiger partial charge in [0.2, 0.25) is 5.89 Å². The molecule has 4 aromatic carbocycles. The molecule has 2 amide bonds. The molecule has 1 aliphatic heterocycles. The molecule has 0 saturated heterocycles. The number of benzene rings is 4. The first-order valence-corrected chi connectivity index (χ1v) is 12.2. The van der Waals surface area contributed by atoms with Gasteiger partial charge in [-0.1, -0.05) is 36.4 Å². The number of fused-ring (bicyclic) bond motifs is 2. The molecule has 0 atom stereocenters. The van der Waals surface area contributed by atoms with E-state index in [9.17, 15) is 24.6 Å². The molecule has 39 heavy (non-hydrogen) atoms. The Balaban J connectivity index is 1.42. The summed E-state index contributed by atoms with van der Waals surface area (Å²) in [6.45, 7) is 0.148. The first-order chi connectivity index (χ1) is 18.9. The van der Waals surface area contributed by atoms with Crippen molar-refractivity contribution in [3.05, 3.63) is 102 Å². The lowest BCUT2D eigenvalue weighted by Crippen LogP contribution is -2.29. The number of hydrogen-bond donors (Lipinski definition) is 3. The maximum Gasteiger partial charge on any atom is 0.335 e.